The van der Waals surface area contributed by atoms with Crippen LogP contribution in [0.15, 0.2) is 176 Å². The Kier molecular flexibility index (Phi) is 7.52. The number of carboxylic acid groups (broad SMARTS) is 1. The summed E-state index contributed by atoms with van der Waals surface area (Å²) in [6.07, 6.45) is -0.980. The zero-order valence-electron chi connectivity index (χ0n) is 33.5. The van der Waals surface area contributed by atoms with Crippen molar-refractivity contribution in [3.05, 3.63) is 198 Å². The molecule has 1 heterocycles. The topological polar surface area (TPSA) is 45.5 Å². The Hall–Kier alpha value is -7.17. The molecular weight excluding hydrogens is 721 g/mol. The number of anilines is 3. The molecule has 1 N–H and O–H groups in total. The molecule has 0 aliphatic heterocycles. The number of carbonyl (C=O) groups is 1. The lowest BCUT2D eigenvalue weighted by Gasteiger charge is -2.28. The molecule has 0 unspecified atom stereocenters. The molecule has 11 rings (SSSR count). The van der Waals surface area contributed by atoms with Gasteiger partial charge in [-0.3, -0.25) is 0 Å². The number of fused-ring (bicyclic) bond motifs is 9. The Morgan fingerprint density at radius 1 is 0.424 bits per heavy atom. The minimum Gasteiger partial charge on any atom is -0.464 e. The van der Waals surface area contributed by atoms with Crippen LogP contribution < -0.4 is 4.90 Å². The lowest BCUT2D eigenvalue weighted by molar-refractivity contribution is 0.198. The monoisotopic (exact) mass is 762 g/mol. The standard InChI is InChI=1S/C55H42N2O2/c1-54(2)47-16-10-8-14-41(47)43-28-27-40(31-49(43)54)56(38-23-18-35(19-24-38)34-12-6-5-7-13-34)39-25-20-36(21-26-39)37-22-29-51-45(30-37)46-32-44-42-15-9-11-17-48(42)55(3,4)50(44)33-52(46)57(51)53(58)59/h5-33H,1-4H3,(H,58,59). The van der Waals surface area contributed by atoms with Gasteiger partial charge in [0.15, 0.2) is 0 Å². The van der Waals surface area contributed by atoms with E-state index in [9.17, 15) is 9.90 Å². The molecule has 0 saturated heterocycles. The summed E-state index contributed by atoms with van der Waals surface area (Å²) in [6.45, 7) is 9.11. The van der Waals surface area contributed by atoms with Gasteiger partial charge in [-0.15, -0.1) is 0 Å². The van der Waals surface area contributed by atoms with E-state index in [1.165, 1.54) is 54.6 Å². The molecule has 1 aromatic heterocycles. The van der Waals surface area contributed by atoms with Gasteiger partial charge in [-0.1, -0.05) is 143 Å². The molecule has 2 aliphatic carbocycles. The second-order valence-corrected chi connectivity index (χ2v) is 17.1. The molecular formula is C55H42N2O2. The lowest BCUT2D eigenvalue weighted by atomic mass is 9.82. The normalized spacial score (nSPS) is 14.2. The van der Waals surface area contributed by atoms with E-state index in [0.29, 0.717) is 11.0 Å². The van der Waals surface area contributed by atoms with Gasteiger partial charge in [0, 0.05) is 38.7 Å². The minimum absolute atomic E-state index is 0.128. The number of benzene rings is 8. The molecule has 0 spiro atoms. The van der Waals surface area contributed by atoms with E-state index in [2.05, 4.69) is 190 Å². The summed E-state index contributed by atoms with van der Waals surface area (Å²) in [7, 11) is 0. The molecule has 0 atom stereocenters. The quantitative estimate of drug-likeness (QED) is 0.190. The molecule has 0 saturated carbocycles. The molecule has 4 heteroatoms. The SMILES string of the molecule is CC1(C)c2ccccc2-c2ccc(N(c3ccc(-c4ccccc4)cc3)c3ccc(-c4ccc5c(c4)c4cc6c(cc4n5C(=O)O)C(C)(C)c4ccccc4-6)cc3)cc21. The molecule has 2 aliphatic rings. The predicted octanol–water partition coefficient (Wildman–Crippen LogP) is 14.7. The molecule has 8 aromatic carbocycles. The molecule has 0 radical (unpaired) electrons. The van der Waals surface area contributed by atoms with Gasteiger partial charge in [-0.05, 0) is 127 Å². The summed E-state index contributed by atoms with van der Waals surface area (Å²) in [5.41, 5.74) is 18.8. The summed E-state index contributed by atoms with van der Waals surface area (Å²) in [5, 5.41) is 12.4. The van der Waals surface area contributed by atoms with Crippen LogP contribution in [0.5, 0.6) is 0 Å². The van der Waals surface area contributed by atoms with Gasteiger partial charge in [0.1, 0.15) is 0 Å². The smallest absolute Gasteiger partial charge is 0.416 e. The maximum absolute atomic E-state index is 12.9. The zero-order chi connectivity index (χ0) is 40.2. The van der Waals surface area contributed by atoms with Gasteiger partial charge in [-0.25, -0.2) is 9.36 Å². The molecule has 284 valence electrons. The van der Waals surface area contributed by atoms with Crippen molar-refractivity contribution in [2.24, 2.45) is 0 Å². The lowest BCUT2D eigenvalue weighted by Crippen LogP contribution is -2.16. The van der Waals surface area contributed by atoms with Crippen LogP contribution in [0.2, 0.25) is 0 Å². The fraction of sp³-hybridized carbons (Fsp3) is 0.109. The van der Waals surface area contributed by atoms with Gasteiger partial charge < -0.3 is 10.0 Å². The van der Waals surface area contributed by atoms with Gasteiger partial charge >= 0.3 is 6.09 Å². The van der Waals surface area contributed by atoms with E-state index >= 15 is 0 Å². The predicted molar refractivity (Wildman–Crippen MR) is 244 cm³/mol. The highest BCUT2D eigenvalue weighted by Gasteiger charge is 2.37. The van der Waals surface area contributed by atoms with Crippen LogP contribution >= 0.6 is 0 Å². The summed E-state index contributed by atoms with van der Waals surface area (Å²) < 4.78 is 1.45. The highest BCUT2D eigenvalue weighted by atomic mass is 16.4. The molecule has 9 aromatic rings. The van der Waals surface area contributed by atoms with Crippen LogP contribution in [-0.2, 0) is 10.8 Å². The first-order valence-electron chi connectivity index (χ1n) is 20.4. The zero-order valence-corrected chi connectivity index (χ0v) is 33.5. The van der Waals surface area contributed by atoms with E-state index in [1.807, 2.05) is 18.2 Å². The number of aromatic nitrogens is 1. The minimum atomic E-state index is -0.980. The van der Waals surface area contributed by atoms with E-state index in [1.54, 1.807) is 0 Å². The summed E-state index contributed by atoms with van der Waals surface area (Å²) in [6, 6.07) is 62.8. The van der Waals surface area contributed by atoms with Crippen molar-refractivity contribution in [3.63, 3.8) is 0 Å². The maximum Gasteiger partial charge on any atom is 0.416 e. The first-order valence-corrected chi connectivity index (χ1v) is 20.4. The second-order valence-electron chi connectivity index (χ2n) is 17.1. The van der Waals surface area contributed by atoms with Crippen molar-refractivity contribution in [1.29, 1.82) is 0 Å². The van der Waals surface area contributed by atoms with Crippen molar-refractivity contribution in [3.8, 4) is 44.5 Å². The third-order valence-electron chi connectivity index (χ3n) is 13.2. The first kappa shape index (κ1) is 35.0. The summed E-state index contributed by atoms with van der Waals surface area (Å²) >= 11 is 0. The largest absolute Gasteiger partial charge is 0.464 e. The van der Waals surface area contributed by atoms with Crippen molar-refractivity contribution in [2.75, 3.05) is 4.90 Å². The van der Waals surface area contributed by atoms with Gasteiger partial charge in [-0.2, -0.15) is 0 Å². The van der Waals surface area contributed by atoms with E-state index in [0.717, 1.165) is 44.5 Å². The van der Waals surface area contributed by atoms with E-state index in [-0.39, 0.29) is 10.8 Å². The molecule has 0 fully saturated rings. The first-order chi connectivity index (χ1) is 28.6. The van der Waals surface area contributed by atoms with Crippen molar-refractivity contribution in [1.82, 2.24) is 4.57 Å². The Labute approximate surface area is 344 Å². The molecule has 4 nitrogen and oxygen atoms in total. The van der Waals surface area contributed by atoms with Gasteiger partial charge in [0.25, 0.3) is 0 Å². The Morgan fingerprint density at radius 2 is 0.898 bits per heavy atom. The highest BCUT2D eigenvalue weighted by molar-refractivity contribution is 6.15. The van der Waals surface area contributed by atoms with Gasteiger partial charge in [0.05, 0.1) is 11.0 Å². The molecule has 59 heavy (non-hydrogen) atoms. The fourth-order valence-electron chi connectivity index (χ4n) is 10.1. The van der Waals surface area contributed by atoms with E-state index < -0.39 is 6.09 Å². The summed E-state index contributed by atoms with van der Waals surface area (Å²) in [5.74, 6) is 0. The maximum atomic E-state index is 12.9. The van der Waals surface area contributed by atoms with Crippen LogP contribution in [0.4, 0.5) is 21.9 Å². The van der Waals surface area contributed by atoms with Crippen LogP contribution in [0.1, 0.15) is 49.9 Å². The fourth-order valence-corrected chi connectivity index (χ4v) is 10.1. The van der Waals surface area contributed by atoms with Crippen molar-refractivity contribution in [2.45, 2.75) is 38.5 Å². The van der Waals surface area contributed by atoms with Crippen molar-refractivity contribution < 1.29 is 9.90 Å². The third kappa shape index (κ3) is 5.19. The number of hydrogen-bond acceptors (Lipinski definition) is 2. The Bertz CT molecular complexity index is 3170. The van der Waals surface area contributed by atoms with E-state index in [4.69, 9.17) is 0 Å². The van der Waals surface area contributed by atoms with Crippen LogP contribution in [0.3, 0.4) is 0 Å². The second kappa shape index (κ2) is 12.7. The summed E-state index contributed by atoms with van der Waals surface area (Å²) in [4.78, 5) is 15.2. The Balaban J connectivity index is 1.02. The average Bonchev–Trinajstić information content (AvgIpc) is 3.80. The van der Waals surface area contributed by atoms with Gasteiger partial charge in [0.2, 0.25) is 0 Å². The molecule has 0 bridgehead atoms. The van der Waals surface area contributed by atoms with Crippen LogP contribution in [0.25, 0.3) is 66.3 Å². The highest BCUT2D eigenvalue weighted by Crippen LogP contribution is 2.52. The van der Waals surface area contributed by atoms with Crippen molar-refractivity contribution >= 4 is 45.0 Å². The van der Waals surface area contributed by atoms with Crippen LogP contribution in [0, 0.1) is 0 Å². The molecule has 0 amide bonds. The Morgan fingerprint density at radius 3 is 1.53 bits per heavy atom. The third-order valence-corrected chi connectivity index (χ3v) is 13.2. The number of hydrogen-bond donors (Lipinski definition) is 1. The number of nitrogens with zero attached hydrogens (tertiary/aromatic N) is 2. The average molecular weight is 763 g/mol. The van der Waals surface area contributed by atoms with Crippen LogP contribution in [-0.4, -0.2) is 15.8 Å². The number of rotatable bonds is 5.